The molecule has 0 bridgehead atoms. The summed E-state index contributed by atoms with van der Waals surface area (Å²) < 4.78 is 16.7. The van der Waals surface area contributed by atoms with Crippen LogP contribution >= 0.6 is 0 Å². The molecule has 0 saturated carbocycles. The van der Waals surface area contributed by atoms with E-state index in [2.05, 4.69) is 5.32 Å². The first-order valence-electron chi connectivity index (χ1n) is 9.74. The molecule has 1 aromatic rings. The molecule has 0 aromatic heterocycles. The molecule has 1 amide bonds. The Morgan fingerprint density at radius 2 is 1.89 bits per heavy atom. The minimum Gasteiger partial charge on any atom is -0.490 e. The number of amides is 1. The number of hydrogen-bond acceptors (Lipinski definition) is 5. The first-order chi connectivity index (χ1) is 12.8. The van der Waals surface area contributed by atoms with Gasteiger partial charge < -0.3 is 19.5 Å². The van der Waals surface area contributed by atoms with Gasteiger partial charge in [0.1, 0.15) is 16.9 Å². The standard InChI is InChI=1S/C21H33NO5/c1-7-13-26-21(6,9-3)20(24)22-16-11-12-18(27-15(5)8-2)17(14-16)19(23)25-10-4/h11-12,14-15H,7-10,13H2,1-6H3,(H,22,24)/t15-,21+/m1/s1. The fourth-order valence-electron chi connectivity index (χ4n) is 2.30. The van der Waals surface area contributed by atoms with Crippen molar-refractivity contribution >= 4 is 17.6 Å². The second kappa shape index (κ2) is 10.9. The van der Waals surface area contributed by atoms with Crippen LogP contribution in [0.15, 0.2) is 18.2 Å². The van der Waals surface area contributed by atoms with Gasteiger partial charge in [-0.25, -0.2) is 4.79 Å². The van der Waals surface area contributed by atoms with Crippen LogP contribution in [0.2, 0.25) is 0 Å². The summed E-state index contributed by atoms with van der Waals surface area (Å²) in [5.74, 6) is -0.280. The van der Waals surface area contributed by atoms with E-state index in [4.69, 9.17) is 14.2 Å². The molecule has 0 aliphatic rings. The lowest BCUT2D eigenvalue weighted by Crippen LogP contribution is -2.42. The zero-order valence-corrected chi connectivity index (χ0v) is 17.4. The third kappa shape index (κ3) is 6.54. The molecule has 1 rings (SSSR count). The molecule has 1 N–H and O–H groups in total. The van der Waals surface area contributed by atoms with Gasteiger partial charge in [-0.2, -0.15) is 0 Å². The van der Waals surface area contributed by atoms with E-state index < -0.39 is 11.6 Å². The van der Waals surface area contributed by atoms with Crippen molar-refractivity contribution in [3.8, 4) is 5.75 Å². The second-order valence-corrected chi connectivity index (χ2v) is 6.66. The highest BCUT2D eigenvalue weighted by atomic mass is 16.5. The van der Waals surface area contributed by atoms with E-state index in [1.165, 1.54) is 0 Å². The number of anilines is 1. The van der Waals surface area contributed by atoms with Gasteiger partial charge in [0.2, 0.25) is 0 Å². The van der Waals surface area contributed by atoms with Gasteiger partial charge in [0.25, 0.3) is 5.91 Å². The molecule has 0 aliphatic heterocycles. The zero-order chi connectivity index (χ0) is 20.4. The summed E-state index contributed by atoms with van der Waals surface area (Å²) in [5.41, 5.74) is -0.131. The van der Waals surface area contributed by atoms with E-state index in [1.807, 2.05) is 27.7 Å². The Kier molecular flexibility index (Phi) is 9.29. The van der Waals surface area contributed by atoms with Crippen LogP contribution in [0, 0.1) is 0 Å². The number of carbonyl (C=O) groups is 2. The van der Waals surface area contributed by atoms with Crippen LogP contribution in [0.5, 0.6) is 5.75 Å². The number of rotatable bonds is 11. The maximum Gasteiger partial charge on any atom is 0.341 e. The lowest BCUT2D eigenvalue weighted by Gasteiger charge is -2.27. The van der Waals surface area contributed by atoms with Gasteiger partial charge in [-0.3, -0.25) is 4.79 Å². The van der Waals surface area contributed by atoms with Crippen molar-refractivity contribution < 1.29 is 23.8 Å². The normalized spacial score (nSPS) is 14.1. The maximum atomic E-state index is 12.7. The molecule has 0 saturated heterocycles. The van der Waals surface area contributed by atoms with Crippen molar-refractivity contribution in [1.82, 2.24) is 0 Å². The molecule has 0 unspecified atom stereocenters. The van der Waals surface area contributed by atoms with Crippen LogP contribution in [-0.4, -0.2) is 36.8 Å². The monoisotopic (exact) mass is 379 g/mol. The van der Waals surface area contributed by atoms with Gasteiger partial charge in [0.05, 0.1) is 12.7 Å². The molecule has 1 aromatic carbocycles. The second-order valence-electron chi connectivity index (χ2n) is 6.66. The zero-order valence-electron chi connectivity index (χ0n) is 17.4. The van der Waals surface area contributed by atoms with Crippen molar-refractivity contribution in [2.75, 3.05) is 18.5 Å². The van der Waals surface area contributed by atoms with Gasteiger partial charge in [-0.15, -0.1) is 0 Å². The highest BCUT2D eigenvalue weighted by Gasteiger charge is 2.32. The number of esters is 1. The van der Waals surface area contributed by atoms with Crippen LogP contribution in [0.4, 0.5) is 5.69 Å². The summed E-state index contributed by atoms with van der Waals surface area (Å²) in [6, 6.07) is 4.99. The summed E-state index contributed by atoms with van der Waals surface area (Å²) in [6.07, 6.45) is 2.14. The Bertz CT molecular complexity index is 631. The van der Waals surface area contributed by atoms with Crippen molar-refractivity contribution in [2.24, 2.45) is 0 Å². The maximum absolute atomic E-state index is 12.7. The smallest absolute Gasteiger partial charge is 0.341 e. The molecule has 0 fully saturated rings. The number of nitrogens with one attached hydrogen (secondary N) is 1. The lowest BCUT2D eigenvalue weighted by molar-refractivity contribution is -0.139. The largest absolute Gasteiger partial charge is 0.490 e. The Morgan fingerprint density at radius 3 is 2.44 bits per heavy atom. The summed E-state index contributed by atoms with van der Waals surface area (Å²) >= 11 is 0. The van der Waals surface area contributed by atoms with Crippen LogP contribution in [0.3, 0.4) is 0 Å². The van der Waals surface area contributed by atoms with Gasteiger partial charge in [0, 0.05) is 12.3 Å². The predicted octanol–water partition coefficient (Wildman–Crippen LogP) is 4.57. The van der Waals surface area contributed by atoms with Crippen LogP contribution < -0.4 is 10.1 Å². The fraction of sp³-hybridized carbons (Fsp3) is 0.619. The van der Waals surface area contributed by atoms with Crippen LogP contribution in [0.25, 0.3) is 0 Å². The average Bonchev–Trinajstić information content (AvgIpc) is 2.67. The molecule has 6 heteroatoms. The summed E-state index contributed by atoms with van der Waals surface area (Å²) in [7, 11) is 0. The molecular formula is C21H33NO5. The van der Waals surface area contributed by atoms with Crippen molar-refractivity contribution in [3.63, 3.8) is 0 Å². The summed E-state index contributed by atoms with van der Waals surface area (Å²) in [6.45, 7) is 12.1. The van der Waals surface area contributed by atoms with E-state index in [9.17, 15) is 9.59 Å². The van der Waals surface area contributed by atoms with Crippen molar-refractivity contribution in [3.05, 3.63) is 23.8 Å². The van der Waals surface area contributed by atoms with Gasteiger partial charge in [-0.05, 0) is 58.2 Å². The molecule has 152 valence electrons. The molecule has 0 aliphatic carbocycles. The Hall–Kier alpha value is -2.08. The molecule has 6 nitrogen and oxygen atoms in total. The van der Waals surface area contributed by atoms with Gasteiger partial charge >= 0.3 is 5.97 Å². The minimum atomic E-state index is -0.925. The Labute approximate surface area is 162 Å². The van der Waals surface area contributed by atoms with Crippen molar-refractivity contribution in [1.29, 1.82) is 0 Å². The van der Waals surface area contributed by atoms with Gasteiger partial charge in [0.15, 0.2) is 0 Å². The van der Waals surface area contributed by atoms with Crippen LogP contribution in [0.1, 0.15) is 71.2 Å². The molecule has 2 atom stereocenters. The van der Waals surface area contributed by atoms with E-state index in [0.29, 0.717) is 30.0 Å². The first-order valence-corrected chi connectivity index (χ1v) is 9.74. The third-order valence-corrected chi connectivity index (χ3v) is 4.42. The van der Waals surface area contributed by atoms with Gasteiger partial charge in [-0.1, -0.05) is 20.8 Å². The lowest BCUT2D eigenvalue weighted by atomic mass is 10.0. The summed E-state index contributed by atoms with van der Waals surface area (Å²) in [5, 5.41) is 2.85. The average molecular weight is 379 g/mol. The molecule has 0 heterocycles. The van der Waals surface area contributed by atoms with E-state index >= 15 is 0 Å². The molecular weight excluding hydrogens is 346 g/mol. The molecule has 0 radical (unpaired) electrons. The number of ether oxygens (including phenoxy) is 3. The number of carbonyl (C=O) groups excluding carboxylic acids is 2. The SMILES string of the molecule is CCCO[C@@](C)(CC)C(=O)Nc1ccc(O[C@H](C)CC)c(C(=O)OCC)c1. The Morgan fingerprint density at radius 1 is 1.19 bits per heavy atom. The topological polar surface area (TPSA) is 73.9 Å². The third-order valence-electron chi connectivity index (χ3n) is 4.42. The predicted molar refractivity (Wildman–Crippen MR) is 106 cm³/mol. The molecule has 0 spiro atoms. The molecule has 27 heavy (non-hydrogen) atoms. The highest BCUT2D eigenvalue weighted by Crippen LogP contribution is 2.27. The Balaban J connectivity index is 3.09. The first kappa shape index (κ1) is 23.0. The highest BCUT2D eigenvalue weighted by molar-refractivity contribution is 5.99. The fourth-order valence-corrected chi connectivity index (χ4v) is 2.30. The minimum absolute atomic E-state index is 0.0376. The summed E-state index contributed by atoms with van der Waals surface area (Å²) in [4.78, 5) is 25.0. The van der Waals surface area contributed by atoms with Crippen LogP contribution in [-0.2, 0) is 14.3 Å². The van der Waals surface area contributed by atoms with E-state index in [-0.39, 0.29) is 18.6 Å². The number of benzene rings is 1. The van der Waals surface area contributed by atoms with E-state index in [0.717, 1.165) is 12.8 Å². The van der Waals surface area contributed by atoms with E-state index in [1.54, 1.807) is 32.0 Å². The van der Waals surface area contributed by atoms with Crippen molar-refractivity contribution in [2.45, 2.75) is 72.5 Å². The number of hydrogen-bond donors (Lipinski definition) is 1. The quantitative estimate of drug-likeness (QED) is 0.570.